The topological polar surface area (TPSA) is 16.4 Å². The summed E-state index contributed by atoms with van der Waals surface area (Å²) < 4.78 is 6.41. The second-order valence-corrected chi connectivity index (χ2v) is 13.3. The number of anilines is 3. The van der Waals surface area contributed by atoms with Gasteiger partial charge in [-0.05, 0) is 110 Å². The summed E-state index contributed by atoms with van der Waals surface area (Å²) in [5, 5.41) is 4.64. The lowest BCUT2D eigenvalue weighted by atomic mass is 9.70. The van der Waals surface area contributed by atoms with Crippen molar-refractivity contribution in [3.8, 4) is 22.3 Å². The molecule has 0 saturated heterocycles. The molecule has 0 atom stereocenters. The Bertz CT molecular complexity index is 2730. The maximum absolute atomic E-state index is 6.41. The number of para-hydroxylation sites is 1. The Labute approximate surface area is 284 Å². The molecular formula is C47H29NO. The first-order valence-electron chi connectivity index (χ1n) is 16.9. The number of rotatable bonds is 3. The third-order valence-electron chi connectivity index (χ3n) is 10.8. The maximum atomic E-state index is 6.41. The van der Waals surface area contributed by atoms with E-state index >= 15 is 0 Å². The number of furan rings is 1. The van der Waals surface area contributed by atoms with Gasteiger partial charge in [-0.2, -0.15) is 0 Å². The molecule has 0 saturated carbocycles. The molecule has 11 rings (SSSR count). The molecule has 1 heterocycles. The average molecular weight is 624 g/mol. The molecule has 0 unspecified atom stereocenters. The monoisotopic (exact) mass is 623 g/mol. The van der Waals surface area contributed by atoms with Gasteiger partial charge in [-0.1, -0.05) is 121 Å². The fraction of sp³-hybridized carbons (Fsp3) is 0.0213. The second kappa shape index (κ2) is 9.82. The van der Waals surface area contributed by atoms with Gasteiger partial charge in [-0.25, -0.2) is 0 Å². The molecule has 9 aromatic rings. The van der Waals surface area contributed by atoms with E-state index in [2.05, 4.69) is 181 Å². The van der Waals surface area contributed by atoms with Gasteiger partial charge in [-0.3, -0.25) is 0 Å². The van der Waals surface area contributed by atoms with Gasteiger partial charge in [-0.15, -0.1) is 0 Å². The molecule has 1 spiro atoms. The van der Waals surface area contributed by atoms with Gasteiger partial charge in [0, 0.05) is 27.8 Å². The van der Waals surface area contributed by atoms with Gasteiger partial charge in [0.2, 0.25) is 0 Å². The number of benzene rings is 8. The Kier molecular flexibility index (Phi) is 5.34. The minimum absolute atomic E-state index is 0.400. The van der Waals surface area contributed by atoms with Crippen LogP contribution in [0.5, 0.6) is 0 Å². The summed E-state index contributed by atoms with van der Waals surface area (Å²) in [5.74, 6) is 0. The molecule has 2 heteroatoms. The first-order valence-corrected chi connectivity index (χ1v) is 16.9. The summed E-state index contributed by atoms with van der Waals surface area (Å²) in [5.41, 5.74) is 15.3. The smallest absolute Gasteiger partial charge is 0.136 e. The highest BCUT2D eigenvalue weighted by Gasteiger charge is 2.51. The fourth-order valence-corrected chi connectivity index (χ4v) is 8.84. The molecule has 0 fully saturated rings. The van der Waals surface area contributed by atoms with Crippen molar-refractivity contribution in [2.75, 3.05) is 4.90 Å². The summed E-state index contributed by atoms with van der Waals surface area (Å²) in [6.45, 7) is 0. The van der Waals surface area contributed by atoms with E-state index in [9.17, 15) is 0 Å². The normalized spacial score (nSPS) is 13.5. The molecule has 0 N–H and O–H groups in total. The van der Waals surface area contributed by atoms with Crippen molar-refractivity contribution in [3.63, 3.8) is 0 Å². The summed E-state index contributed by atoms with van der Waals surface area (Å²) in [6.07, 6.45) is 0. The Morgan fingerprint density at radius 1 is 0.347 bits per heavy atom. The van der Waals surface area contributed by atoms with Crippen LogP contribution in [0, 0.1) is 0 Å². The average Bonchev–Trinajstić information content (AvgIpc) is 3.78. The summed E-state index contributed by atoms with van der Waals surface area (Å²) in [7, 11) is 0. The lowest BCUT2D eigenvalue weighted by Gasteiger charge is -2.32. The Morgan fingerprint density at radius 2 is 0.857 bits per heavy atom. The highest BCUT2D eigenvalue weighted by atomic mass is 16.3. The predicted octanol–water partition coefficient (Wildman–Crippen LogP) is 12.6. The molecule has 2 aliphatic rings. The highest BCUT2D eigenvalue weighted by molar-refractivity contribution is 6.11. The number of nitrogens with zero attached hydrogens (tertiary/aromatic N) is 1. The van der Waals surface area contributed by atoms with Crippen LogP contribution in [0.3, 0.4) is 0 Å². The zero-order valence-corrected chi connectivity index (χ0v) is 26.6. The minimum atomic E-state index is -0.400. The van der Waals surface area contributed by atoms with Crippen LogP contribution in [-0.2, 0) is 5.41 Å². The molecule has 0 bridgehead atoms. The predicted molar refractivity (Wildman–Crippen MR) is 202 cm³/mol. The van der Waals surface area contributed by atoms with Crippen LogP contribution in [0.1, 0.15) is 22.3 Å². The molecule has 0 aliphatic heterocycles. The van der Waals surface area contributed by atoms with E-state index in [4.69, 9.17) is 4.42 Å². The van der Waals surface area contributed by atoms with E-state index in [1.807, 2.05) is 0 Å². The van der Waals surface area contributed by atoms with E-state index in [0.29, 0.717) is 0 Å². The van der Waals surface area contributed by atoms with Gasteiger partial charge in [0.15, 0.2) is 0 Å². The van der Waals surface area contributed by atoms with Crippen molar-refractivity contribution in [2.24, 2.45) is 0 Å². The van der Waals surface area contributed by atoms with Crippen molar-refractivity contribution in [1.82, 2.24) is 0 Å². The van der Waals surface area contributed by atoms with Gasteiger partial charge in [0.1, 0.15) is 11.2 Å². The van der Waals surface area contributed by atoms with E-state index in [0.717, 1.165) is 39.0 Å². The lowest BCUT2D eigenvalue weighted by molar-refractivity contribution is 0.669. The van der Waals surface area contributed by atoms with E-state index < -0.39 is 5.41 Å². The largest absolute Gasteiger partial charge is 0.456 e. The van der Waals surface area contributed by atoms with Crippen LogP contribution in [-0.4, -0.2) is 0 Å². The first kappa shape index (κ1) is 26.7. The van der Waals surface area contributed by atoms with Crippen molar-refractivity contribution >= 4 is 49.8 Å². The Morgan fingerprint density at radius 3 is 1.53 bits per heavy atom. The first-order chi connectivity index (χ1) is 24.3. The van der Waals surface area contributed by atoms with Crippen LogP contribution >= 0.6 is 0 Å². The molecule has 0 radical (unpaired) electrons. The molecule has 2 nitrogen and oxygen atoms in total. The molecule has 0 amide bonds. The van der Waals surface area contributed by atoms with Crippen molar-refractivity contribution in [2.45, 2.75) is 5.41 Å². The molecule has 1 aromatic heterocycles. The number of hydrogen-bond donors (Lipinski definition) is 0. The third-order valence-corrected chi connectivity index (χ3v) is 10.8. The molecule has 49 heavy (non-hydrogen) atoms. The Hall–Kier alpha value is -6.38. The minimum Gasteiger partial charge on any atom is -0.456 e. The standard InChI is InChI=1S/C47H29NO/c1-2-14-32(15-3-1)48(33-23-25-45-40(28-33)39-26-30-12-4-5-13-31(30)27-46(39)49-45)34-22-24-38-37-18-8-11-21-43(37)47(44(38)29-34)41-19-9-6-16-35(41)36-17-7-10-20-42(36)47/h1-29H. The zero-order chi connectivity index (χ0) is 32.1. The highest BCUT2D eigenvalue weighted by Crippen LogP contribution is 2.63. The molecule has 8 aromatic carbocycles. The third kappa shape index (κ3) is 3.55. The van der Waals surface area contributed by atoms with E-state index in [-0.39, 0.29) is 0 Å². The second-order valence-electron chi connectivity index (χ2n) is 13.3. The van der Waals surface area contributed by atoms with Crippen molar-refractivity contribution in [1.29, 1.82) is 0 Å². The number of fused-ring (bicyclic) bond motifs is 14. The summed E-state index contributed by atoms with van der Waals surface area (Å²) >= 11 is 0. The fourth-order valence-electron chi connectivity index (χ4n) is 8.84. The zero-order valence-electron chi connectivity index (χ0n) is 26.6. The maximum Gasteiger partial charge on any atom is 0.136 e. The van der Waals surface area contributed by atoms with E-state index in [1.54, 1.807) is 0 Å². The van der Waals surface area contributed by atoms with Crippen LogP contribution < -0.4 is 4.90 Å². The van der Waals surface area contributed by atoms with Gasteiger partial charge in [0.05, 0.1) is 5.41 Å². The SMILES string of the molecule is c1ccc(N(c2ccc3c(c2)C2(c4ccccc4-c4ccccc42)c2ccccc2-3)c2ccc3oc4cc5ccccc5cc4c3c2)cc1. The molecule has 228 valence electrons. The van der Waals surface area contributed by atoms with Crippen LogP contribution in [0.25, 0.3) is 55.0 Å². The van der Waals surface area contributed by atoms with Crippen LogP contribution in [0.2, 0.25) is 0 Å². The molecule has 2 aliphatic carbocycles. The van der Waals surface area contributed by atoms with Crippen molar-refractivity contribution < 1.29 is 4.42 Å². The summed E-state index contributed by atoms with van der Waals surface area (Å²) in [6, 6.07) is 64.3. The van der Waals surface area contributed by atoms with E-state index in [1.165, 1.54) is 55.3 Å². The van der Waals surface area contributed by atoms with Crippen molar-refractivity contribution in [3.05, 3.63) is 198 Å². The van der Waals surface area contributed by atoms with Gasteiger partial charge < -0.3 is 9.32 Å². The number of hydrogen-bond acceptors (Lipinski definition) is 2. The summed E-state index contributed by atoms with van der Waals surface area (Å²) in [4.78, 5) is 2.39. The molecular weight excluding hydrogens is 595 g/mol. The van der Waals surface area contributed by atoms with Gasteiger partial charge >= 0.3 is 0 Å². The quantitative estimate of drug-likeness (QED) is 0.195. The van der Waals surface area contributed by atoms with Gasteiger partial charge in [0.25, 0.3) is 0 Å². The lowest BCUT2D eigenvalue weighted by Crippen LogP contribution is -2.26. The Balaban J connectivity index is 1.17. The van der Waals surface area contributed by atoms with Crippen LogP contribution in [0.15, 0.2) is 180 Å². The van der Waals surface area contributed by atoms with Crippen LogP contribution in [0.4, 0.5) is 17.1 Å².